The third-order valence-electron chi connectivity index (χ3n) is 2.83. The second kappa shape index (κ2) is 4.34. The Kier molecular flexibility index (Phi) is 2.68. The van der Waals surface area contributed by atoms with E-state index in [2.05, 4.69) is 16.4 Å². The van der Waals surface area contributed by atoms with Gasteiger partial charge in [0.05, 0.1) is 0 Å². The van der Waals surface area contributed by atoms with E-state index in [-0.39, 0.29) is 6.04 Å². The van der Waals surface area contributed by atoms with E-state index in [9.17, 15) is 4.79 Å². The lowest BCUT2D eigenvalue weighted by Crippen LogP contribution is -2.28. The van der Waals surface area contributed by atoms with E-state index >= 15 is 0 Å². The number of nitrogens with one attached hydrogen (secondary N) is 1. The fraction of sp³-hybridized carbons (Fsp3) is 0.0769. The van der Waals surface area contributed by atoms with Gasteiger partial charge in [0, 0.05) is 0 Å². The number of aliphatic imine (C=N–C) groups is 1. The minimum absolute atomic E-state index is 0.103. The van der Waals surface area contributed by atoms with Gasteiger partial charge in [-0.3, -0.25) is 5.32 Å². The normalized spacial score (nSPS) is 20.3. The van der Waals surface area contributed by atoms with Crippen LogP contribution in [0.4, 0.5) is 4.79 Å². The first kappa shape index (κ1) is 11.1. The number of thioether (sulfide) groups is 1. The first-order chi connectivity index (χ1) is 8.74. The second-order valence-electron chi connectivity index (χ2n) is 3.96. The predicted octanol–water partition coefficient (Wildman–Crippen LogP) is 3.01. The molecule has 1 heterocycles. The van der Waals surface area contributed by atoms with Crippen molar-refractivity contribution in [3.8, 4) is 0 Å². The molecule has 0 bridgehead atoms. The number of carbonyl (C=O) groups is 1. The summed E-state index contributed by atoms with van der Waals surface area (Å²) < 4.78 is 0. The molecule has 18 heavy (non-hydrogen) atoms. The molecule has 0 spiro atoms. The Hall–Kier alpha value is -2.01. The van der Waals surface area contributed by atoms with Crippen molar-refractivity contribution in [3.05, 3.63) is 52.4 Å². The SMILES string of the molecule is O=C(O)NC1=NC2C(=CS1)C=Cc1ccccc12. The number of rotatable bonds is 0. The van der Waals surface area contributed by atoms with Gasteiger partial charge in [-0.05, 0) is 22.1 Å². The summed E-state index contributed by atoms with van der Waals surface area (Å²) in [7, 11) is 0. The van der Waals surface area contributed by atoms with Crippen molar-refractivity contribution in [2.24, 2.45) is 4.99 Å². The predicted molar refractivity (Wildman–Crippen MR) is 72.5 cm³/mol. The van der Waals surface area contributed by atoms with Gasteiger partial charge < -0.3 is 5.11 Å². The number of benzene rings is 1. The molecule has 1 unspecified atom stereocenters. The van der Waals surface area contributed by atoms with Gasteiger partial charge in [0.1, 0.15) is 6.04 Å². The molecule has 4 nitrogen and oxygen atoms in total. The summed E-state index contributed by atoms with van der Waals surface area (Å²) in [6, 6.07) is 7.90. The van der Waals surface area contributed by atoms with Crippen LogP contribution >= 0.6 is 11.8 Å². The van der Waals surface area contributed by atoms with Gasteiger partial charge in [-0.1, -0.05) is 48.2 Å². The van der Waals surface area contributed by atoms with Crippen LogP contribution in [0.1, 0.15) is 17.2 Å². The Balaban J connectivity index is 2.00. The number of hydrogen-bond acceptors (Lipinski definition) is 3. The largest absolute Gasteiger partial charge is 0.465 e. The average molecular weight is 258 g/mol. The van der Waals surface area contributed by atoms with Gasteiger partial charge in [0.2, 0.25) is 0 Å². The molecule has 1 aliphatic carbocycles. The van der Waals surface area contributed by atoms with Crippen LogP contribution in [0.3, 0.4) is 0 Å². The zero-order valence-electron chi connectivity index (χ0n) is 9.33. The zero-order valence-corrected chi connectivity index (χ0v) is 10.1. The molecular weight excluding hydrogens is 248 g/mol. The van der Waals surface area contributed by atoms with Crippen LogP contribution < -0.4 is 5.32 Å². The topological polar surface area (TPSA) is 61.7 Å². The van der Waals surface area contributed by atoms with Crippen LogP contribution in [-0.2, 0) is 0 Å². The van der Waals surface area contributed by atoms with Crippen molar-refractivity contribution in [1.29, 1.82) is 0 Å². The molecule has 0 saturated carbocycles. The highest BCUT2D eigenvalue weighted by atomic mass is 32.2. The van der Waals surface area contributed by atoms with Crippen molar-refractivity contribution >= 4 is 29.1 Å². The summed E-state index contributed by atoms with van der Waals surface area (Å²) in [5.74, 6) is 0. The molecular formula is C13H10N2O2S. The molecule has 1 amide bonds. The van der Waals surface area contributed by atoms with Crippen LogP contribution in [0, 0.1) is 0 Å². The first-order valence-electron chi connectivity index (χ1n) is 5.45. The molecule has 1 atom stereocenters. The highest BCUT2D eigenvalue weighted by Gasteiger charge is 2.24. The number of fused-ring (bicyclic) bond motifs is 3. The Morgan fingerprint density at radius 1 is 1.33 bits per heavy atom. The van der Waals surface area contributed by atoms with Gasteiger partial charge in [0.15, 0.2) is 5.17 Å². The Bertz CT molecular complexity index is 605. The minimum Gasteiger partial charge on any atom is -0.465 e. The first-order valence-corrected chi connectivity index (χ1v) is 6.33. The standard InChI is InChI=1S/C13H10N2O2S/c16-13(17)15-12-14-11-9(7-18-12)6-5-8-3-1-2-4-10(8)11/h1-7,11H,(H,14,15)(H,16,17). The lowest BCUT2D eigenvalue weighted by molar-refractivity contribution is 0.200. The smallest absolute Gasteiger partial charge is 0.410 e. The van der Waals surface area contributed by atoms with Crippen molar-refractivity contribution in [3.63, 3.8) is 0 Å². The van der Waals surface area contributed by atoms with Crippen LogP contribution in [0.25, 0.3) is 6.08 Å². The molecule has 5 heteroatoms. The van der Waals surface area contributed by atoms with E-state index in [0.717, 1.165) is 16.7 Å². The third kappa shape index (κ3) is 1.93. The highest BCUT2D eigenvalue weighted by Crippen LogP contribution is 2.38. The number of hydrogen-bond donors (Lipinski definition) is 2. The molecule has 0 radical (unpaired) electrons. The molecule has 0 aromatic heterocycles. The van der Waals surface area contributed by atoms with Gasteiger partial charge in [-0.25, -0.2) is 9.79 Å². The fourth-order valence-corrected chi connectivity index (χ4v) is 2.81. The van der Waals surface area contributed by atoms with E-state index < -0.39 is 6.09 Å². The summed E-state index contributed by atoms with van der Waals surface area (Å²) >= 11 is 1.30. The third-order valence-corrected chi connectivity index (χ3v) is 3.65. The lowest BCUT2D eigenvalue weighted by Gasteiger charge is -2.24. The van der Waals surface area contributed by atoms with Crippen LogP contribution in [0.5, 0.6) is 0 Å². The van der Waals surface area contributed by atoms with Crippen LogP contribution in [0.2, 0.25) is 0 Å². The molecule has 2 N–H and O–H groups in total. The number of amidine groups is 1. The summed E-state index contributed by atoms with van der Waals surface area (Å²) in [6.45, 7) is 0. The van der Waals surface area contributed by atoms with E-state index in [1.54, 1.807) is 0 Å². The lowest BCUT2D eigenvalue weighted by atomic mass is 9.90. The number of carboxylic acid groups (broad SMARTS) is 1. The van der Waals surface area contributed by atoms with E-state index in [4.69, 9.17) is 5.11 Å². The summed E-state index contributed by atoms with van der Waals surface area (Å²) in [5.41, 5.74) is 3.33. The van der Waals surface area contributed by atoms with Gasteiger partial charge in [-0.2, -0.15) is 0 Å². The monoisotopic (exact) mass is 258 g/mol. The molecule has 0 saturated heterocycles. The van der Waals surface area contributed by atoms with Crippen LogP contribution in [-0.4, -0.2) is 16.4 Å². The number of amides is 1. The highest BCUT2D eigenvalue weighted by molar-refractivity contribution is 8.16. The van der Waals surface area contributed by atoms with Crippen molar-refractivity contribution < 1.29 is 9.90 Å². The molecule has 1 aliphatic heterocycles. The van der Waals surface area contributed by atoms with Gasteiger partial charge in [-0.15, -0.1) is 0 Å². The van der Waals surface area contributed by atoms with Crippen molar-refractivity contribution in [2.45, 2.75) is 6.04 Å². The van der Waals surface area contributed by atoms with Crippen LogP contribution in [0.15, 0.2) is 46.3 Å². The number of nitrogens with zero attached hydrogens (tertiary/aromatic N) is 1. The average Bonchev–Trinajstić information content (AvgIpc) is 2.38. The molecule has 0 fully saturated rings. The second-order valence-corrected chi connectivity index (χ2v) is 4.82. The Morgan fingerprint density at radius 3 is 3.00 bits per heavy atom. The summed E-state index contributed by atoms with van der Waals surface area (Å²) in [6.07, 6.45) is 3.00. The van der Waals surface area contributed by atoms with Crippen molar-refractivity contribution in [2.75, 3.05) is 0 Å². The van der Waals surface area contributed by atoms with Gasteiger partial charge >= 0.3 is 6.09 Å². The minimum atomic E-state index is -1.09. The van der Waals surface area contributed by atoms with Gasteiger partial charge in [0.25, 0.3) is 0 Å². The maximum atomic E-state index is 10.6. The molecule has 2 aliphatic rings. The summed E-state index contributed by atoms with van der Waals surface area (Å²) in [4.78, 5) is 15.1. The Labute approximate surface area is 108 Å². The molecule has 1 aromatic rings. The molecule has 1 aromatic carbocycles. The quantitative estimate of drug-likeness (QED) is 0.752. The maximum Gasteiger partial charge on any atom is 0.410 e. The zero-order chi connectivity index (χ0) is 12.5. The maximum absolute atomic E-state index is 10.6. The van der Waals surface area contributed by atoms with E-state index in [1.807, 2.05) is 35.7 Å². The Morgan fingerprint density at radius 2 is 2.17 bits per heavy atom. The van der Waals surface area contributed by atoms with E-state index in [1.165, 1.54) is 11.8 Å². The molecule has 90 valence electrons. The molecule has 3 rings (SSSR count). The fourth-order valence-electron chi connectivity index (χ4n) is 2.04. The van der Waals surface area contributed by atoms with Crippen molar-refractivity contribution in [1.82, 2.24) is 5.32 Å². The summed E-state index contributed by atoms with van der Waals surface area (Å²) in [5, 5.41) is 13.4. The van der Waals surface area contributed by atoms with E-state index in [0.29, 0.717) is 5.17 Å².